The lowest BCUT2D eigenvalue weighted by molar-refractivity contribution is -0.145. The Labute approximate surface area is 215 Å². The van der Waals surface area contributed by atoms with E-state index in [0.29, 0.717) is 42.1 Å². The quantitative estimate of drug-likeness (QED) is 0.446. The Morgan fingerprint density at radius 2 is 1.66 bits per heavy atom. The van der Waals surface area contributed by atoms with Crippen molar-refractivity contribution in [1.82, 2.24) is 15.1 Å². The number of nitrogens with one attached hydrogen (secondary N) is 1. The second-order valence-electron chi connectivity index (χ2n) is 7.97. The summed E-state index contributed by atoms with van der Waals surface area (Å²) in [4.78, 5) is 40.4. The summed E-state index contributed by atoms with van der Waals surface area (Å²) in [6.07, 6.45) is 0.229. The number of benzene rings is 2. The standard InChI is InChI=1S/C25H28ClN3O5S/c1-3-33-24(32)22(27-23(31)20-6-4-5-7-21(20)26)16-18-8-10-19(11-9-18)34-25(35)29-14-12-28(13-15-29)17(2)30/h4-11,22H,3,12-16H2,1-2H3,(H,27,31)/t22-/m0/s1. The Morgan fingerprint density at radius 3 is 2.26 bits per heavy atom. The third-order valence-electron chi connectivity index (χ3n) is 5.55. The third-order valence-corrected chi connectivity index (χ3v) is 6.22. The van der Waals surface area contributed by atoms with Gasteiger partial charge in [0, 0.05) is 39.5 Å². The summed E-state index contributed by atoms with van der Waals surface area (Å²) in [7, 11) is 0. The molecular weight excluding hydrogens is 490 g/mol. The second kappa shape index (κ2) is 12.5. The molecule has 35 heavy (non-hydrogen) atoms. The molecule has 1 fully saturated rings. The highest BCUT2D eigenvalue weighted by atomic mass is 35.5. The Bertz CT molecular complexity index is 1070. The first-order chi connectivity index (χ1) is 16.8. The molecular formula is C25H28ClN3O5S. The normalized spacial score (nSPS) is 14.1. The number of piperazine rings is 1. The molecule has 0 spiro atoms. The average Bonchev–Trinajstić information content (AvgIpc) is 2.85. The van der Waals surface area contributed by atoms with Crippen LogP contribution in [0.4, 0.5) is 0 Å². The van der Waals surface area contributed by atoms with Gasteiger partial charge in [-0.25, -0.2) is 4.79 Å². The fourth-order valence-corrected chi connectivity index (χ4v) is 4.12. The molecule has 2 amide bonds. The molecule has 1 aliphatic rings. The molecule has 0 unspecified atom stereocenters. The average molecular weight is 518 g/mol. The molecule has 186 valence electrons. The lowest BCUT2D eigenvalue weighted by Gasteiger charge is -2.34. The number of carbonyl (C=O) groups is 3. The predicted molar refractivity (Wildman–Crippen MR) is 137 cm³/mol. The fraction of sp³-hybridized carbons (Fsp3) is 0.360. The van der Waals surface area contributed by atoms with Gasteiger partial charge in [0.05, 0.1) is 17.2 Å². The molecule has 0 aromatic heterocycles. The predicted octanol–water partition coefficient (Wildman–Crippen LogP) is 3.07. The number of amides is 2. The minimum absolute atomic E-state index is 0.0521. The van der Waals surface area contributed by atoms with Gasteiger partial charge >= 0.3 is 5.97 Å². The van der Waals surface area contributed by atoms with E-state index in [1.807, 2.05) is 4.90 Å². The summed E-state index contributed by atoms with van der Waals surface area (Å²) < 4.78 is 11.0. The van der Waals surface area contributed by atoms with Crippen molar-refractivity contribution in [1.29, 1.82) is 0 Å². The number of thiocarbonyl (C=S) groups is 1. The zero-order valence-corrected chi connectivity index (χ0v) is 21.2. The smallest absolute Gasteiger partial charge is 0.328 e. The largest absolute Gasteiger partial charge is 0.464 e. The number of rotatable bonds is 7. The van der Waals surface area contributed by atoms with Crippen LogP contribution >= 0.6 is 23.8 Å². The zero-order valence-electron chi connectivity index (χ0n) is 19.7. The number of nitrogens with zero attached hydrogens (tertiary/aromatic N) is 2. The number of hydrogen-bond donors (Lipinski definition) is 1. The summed E-state index contributed by atoms with van der Waals surface area (Å²) in [5.74, 6) is -0.375. The number of esters is 1. The van der Waals surface area contributed by atoms with Gasteiger partial charge in [0.2, 0.25) is 5.91 Å². The molecule has 0 bridgehead atoms. The van der Waals surface area contributed by atoms with Crippen molar-refractivity contribution >= 4 is 46.8 Å². The minimum Gasteiger partial charge on any atom is -0.464 e. The van der Waals surface area contributed by atoms with E-state index in [-0.39, 0.29) is 24.5 Å². The van der Waals surface area contributed by atoms with Gasteiger partial charge in [0.1, 0.15) is 11.8 Å². The topological polar surface area (TPSA) is 88.2 Å². The summed E-state index contributed by atoms with van der Waals surface area (Å²) in [5.41, 5.74) is 1.08. The van der Waals surface area contributed by atoms with Gasteiger partial charge in [-0.1, -0.05) is 35.9 Å². The second-order valence-corrected chi connectivity index (χ2v) is 8.72. The zero-order chi connectivity index (χ0) is 25.4. The summed E-state index contributed by atoms with van der Waals surface area (Å²) in [6, 6.07) is 12.9. The van der Waals surface area contributed by atoms with Gasteiger partial charge in [-0.3, -0.25) is 9.59 Å². The van der Waals surface area contributed by atoms with E-state index in [1.54, 1.807) is 67.3 Å². The van der Waals surface area contributed by atoms with Crippen LogP contribution in [0, 0.1) is 0 Å². The monoisotopic (exact) mass is 517 g/mol. The Morgan fingerprint density at radius 1 is 1.03 bits per heavy atom. The van der Waals surface area contributed by atoms with Crippen molar-refractivity contribution < 1.29 is 23.9 Å². The van der Waals surface area contributed by atoms with Crippen LogP contribution < -0.4 is 10.1 Å². The van der Waals surface area contributed by atoms with Crippen LogP contribution in [0.1, 0.15) is 29.8 Å². The molecule has 2 aromatic carbocycles. The fourth-order valence-electron chi connectivity index (χ4n) is 3.62. The van der Waals surface area contributed by atoms with Crippen LogP contribution in [-0.2, 0) is 20.7 Å². The van der Waals surface area contributed by atoms with E-state index in [9.17, 15) is 14.4 Å². The molecule has 0 aliphatic carbocycles. The number of carbonyl (C=O) groups excluding carboxylic acids is 3. The lowest BCUT2D eigenvalue weighted by Crippen LogP contribution is -2.50. The highest BCUT2D eigenvalue weighted by Crippen LogP contribution is 2.18. The molecule has 2 aromatic rings. The molecule has 1 atom stereocenters. The maximum atomic E-state index is 12.7. The third kappa shape index (κ3) is 7.40. The van der Waals surface area contributed by atoms with Crippen molar-refractivity contribution in [3.8, 4) is 5.75 Å². The van der Waals surface area contributed by atoms with Gasteiger partial charge in [0.25, 0.3) is 11.1 Å². The number of ether oxygens (including phenoxy) is 2. The van der Waals surface area contributed by atoms with E-state index < -0.39 is 17.9 Å². The molecule has 1 saturated heterocycles. The maximum Gasteiger partial charge on any atom is 0.328 e. The highest BCUT2D eigenvalue weighted by molar-refractivity contribution is 7.80. The first-order valence-electron chi connectivity index (χ1n) is 11.3. The van der Waals surface area contributed by atoms with Crippen LogP contribution in [0.5, 0.6) is 5.75 Å². The molecule has 10 heteroatoms. The molecule has 0 saturated carbocycles. The van der Waals surface area contributed by atoms with Crippen molar-refractivity contribution in [2.75, 3.05) is 32.8 Å². The lowest BCUT2D eigenvalue weighted by atomic mass is 10.0. The minimum atomic E-state index is -0.885. The summed E-state index contributed by atoms with van der Waals surface area (Å²) >= 11 is 11.5. The van der Waals surface area contributed by atoms with E-state index in [4.69, 9.17) is 33.3 Å². The SMILES string of the molecule is CCOC(=O)[C@H](Cc1ccc(OC(=S)N2CCN(C(C)=O)CC2)cc1)NC(=O)c1ccccc1Cl. The van der Waals surface area contributed by atoms with Crippen LogP contribution in [0.25, 0.3) is 0 Å². The van der Waals surface area contributed by atoms with E-state index in [2.05, 4.69) is 5.32 Å². The van der Waals surface area contributed by atoms with Crippen molar-refractivity contribution in [3.63, 3.8) is 0 Å². The molecule has 1 N–H and O–H groups in total. The van der Waals surface area contributed by atoms with Crippen LogP contribution in [0.15, 0.2) is 48.5 Å². The summed E-state index contributed by atoms with van der Waals surface area (Å²) in [5, 5.41) is 3.37. The molecule has 3 rings (SSSR count). The van der Waals surface area contributed by atoms with Gasteiger partial charge < -0.3 is 24.6 Å². The summed E-state index contributed by atoms with van der Waals surface area (Å²) in [6.45, 7) is 5.90. The van der Waals surface area contributed by atoms with Crippen molar-refractivity contribution in [2.45, 2.75) is 26.3 Å². The highest BCUT2D eigenvalue weighted by Gasteiger charge is 2.25. The molecule has 1 heterocycles. The van der Waals surface area contributed by atoms with Gasteiger partial charge in [-0.05, 0) is 49.0 Å². The van der Waals surface area contributed by atoms with Gasteiger partial charge in [-0.15, -0.1) is 0 Å². The van der Waals surface area contributed by atoms with E-state index in [0.717, 1.165) is 5.56 Å². The molecule has 1 aliphatic heterocycles. The van der Waals surface area contributed by atoms with E-state index >= 15 is 0 Å². The molecule has 8 nitrogen and oxygen atoms in total. The first kappa shape index (κ1) is 26.4. The van der Waals surface area contributed by atoms with Crippen LogP contribution in [-0.4, -0.2) is 71.6 Å². The number of hydrogen-bond acceptors (Lipinski definition) is 6. The Hall–Kier alpha value is -3.17. The van der Waals surface area contributed by atoms with Gasteiger partial charge in [-0.2, -0.15) is 0 Å². The van der Waals surface area contributed by atoms with Crippen molar-refractivity contribution in [2.24, 2.45) is 0 Å². The maximum absolute atomic E-state index is 12.7. The number of halogens is 1. The molecule has 0 radical (unpaired) electrons. The van der Waals surface area contributed by atoms with E-state index in [1.165, 1.54) is 0 Å². The Kier molecular flexibility index (Phi) is 9.45. The first-order valence-corrected chi connectivity index (χ1v) is 12.1. The Balaban J connectivity index is 1.61. The van der Waals surface area contributed by atoms with Crippen molar-refractivity contribution in [3.05, 3.63) is 64.7 Å². The van der Waals surface area contributed by atoms with Crippen LogP contribution in [0.3, 0.4) is 0 Å². The van der Waals surface area contributed by atoms with Gasteiger partial charge in [0.15, 0.2) is 0 Å². The van der Waals surface area contributed by atoms with Crippen LogP contribution in [0.2, 0.25) is 5.02 Å².